The third-order valence-electron chi connectivity index (χ3n) is 4.13. The quantitative estimate of drug-likeness (QED) is 0.208. The Bertz CT molecular complexity index is 1150. The van der Waals surface area contributed by atoms with E-state index in [4.69, 9.17) is 26.6 Å². The van der Waals surface area contributed by atoms with Gasteiger partial charge in [-0.3, -0.25) is 14.3 Å². The van der Waals surface area contributed by atoms with Crippen molar-refractivity contribution in [1.82, 2.24) is 9.97 Å². The minimum Gasteiger partial charge on any atom is -0.496 e. The Morgan fingerprint density at radius 1 is 1.10 bits per heavy atom. The Balaban J connectivity index is 1.89. The number of nitrogens with two attached hydrogens (primary N) is 3. The lowest BCUT2D eigenvalue weighted by Crippen LogP contribution is -2.32. The van der Waals surface area contributed by atoms with Crippen LogP contribution in [0.5, 0.6) is 5.75 Å². The Morgan fingerprint density at radius 2 is 1.77 bits per heavy atom. The summed E-state index contributed by atoms with van der Waals surface area (Å²) in [6.07, 6.45) is 0. The minimum atomic E-state index is -4.35. The van der Waals surface area contributed by atoms with Crippen LogP contribution in [0.15, 0.2) is 48.5 Å². The first-order valence-corrected chi connectivity index (χ1v) is 10.0. The van der Waals surface area contributed by atoms with Crippen LogP contribution in [0.25, 0.3) is 11.3 Å². The monoisotopic (exact) mass is 431 g/mol. The molecule has 0 unspecified atom stereocenters. The van der Waals surface area contributed by atoms with Crippen LogP contribution in [-0.4, -0.2) is 30.0 Å². The van der Waals surface area contributed by atoms with E-state index in [0.29, 0.717) is 17.0 Å². The van der Waals surface area contributed by atoms with Crippen LogP contribution in [0.4, 0.5) is 23.1 Å². The molecular weight excluding hydrogens is 410 g/mol. The van der Waals surface area contributed by atoms with Crippen molar-refractivity contribution >= 4 is 33.4 Å². The van der Waals surface area contributed by atoms with E-state index in [1.54, 1.807) is 24.3 Å². The van der Waals surface area contributed by atoms with Gasteiger partial charge in [0, 0.05) is 5.56 Å². The third kappa shape index (κ3) is 4.86. The normalized spacial score (nSPS) is 11.2. The summed E-state index contributed by atoms with van der Waals surface area (Å²) in [5.74, 6) is 6.96. The molecule has 11 nitrogen and oxygen atoms in total. The summed E-state index contributed by atoms with van der Waals surface area (Å²) in [6, 6.07) is 13.4. The summed E-state index contributed by atoms with van der Waals surface area (Å²) in [4.78, 5) is 8.39. The van der Waals surface area contributed by atoms with Gasteiger partial charge in [-0.1, -0.05) is 24.3 Å². The third-order valence-corrected chi connectivity index (χ3v) is 4.62. The molecule has 0 aliphatic heterocycles. The fourth-order valence-electron chi connectivity index (χ4n) is 2.84. The van der Waals surface area contributed by atoms with Gasteiger partial charge in [0.25, 0.3) is 0 Å². The molecule has 0 atom stereocenters. The SMILES string of the molecule is COc1ccccc1-c1nc(N)nc(N(N)Cc2ccc(NS(=O)(=O)O)cc2)c1N. The molecule has 12 heteroatoms. The standard InChI is InChI=1S/C18H21N7O4S/c1-29-14-5-3-2-4-13(14)16-15(19)17(23-18(20)22-16)25(21)10-11-6-8-12(9-7-11)24-30(26,27)28/h2-9,24H,10,19,21H2,1H3,(H2,20,22,23)(H,26,27,28). The summed E-state index contributed by atoms with van der Waals surface area (Å²) < 4.78 is 37.9. The van der Waals surface area contributed by atoms with Gasteiger partial charge >= 0.3 is 10.3 Å². The van der Waals surface area contributed by atoms with Gasteiger partial charge in [0.15, 0.2) is 5.82 Å². The maximum Gasteiger partial charge on any atom is 0.357 e. The zero-order chi connectivity index (χ0) is 21.9. The Morgan fingerprint density at radius 3 is 2.40 bits per heavy atom. The number of nitrogens with one attached hydrogen (secondary N) is 1. The number of aromatic nitrogens is 2. The van der Waals surface area contributed by atoms with Crippen molar-refractivity contribution in [2.75, 3.05) is 28.3 Å². The number of para-hydroxylation sites is 1. The zero-order valence-corrected chi connectivity index (χ0v) is 16.8. The van der Waals surface area contributed by atoms with Crippen LogP contribution in [0.3, 0.4) is 0 Å². The van der Waals surface area contributed by atoms with Gasteiger partial charge in [-0.05, 0) is 29.8 Å². The van der Waals surface area contributed by atoms with Gasteiger partial charge in [0.05, 0.1) is 19.3 Å². The highest BCUT2D eigenvalue weighted by atomic mass is 32.2. The first-order chi connectivity index (χ1) is 14.2. The van der Waals surface area contributed by atoms with Gasteiger partial charge in [-0.15, -0.1) is 0 Å². The van der Waals surface area contributed by atoms with Crippen LogP contribution in [0.1, 0.15) is 5.56 Å². The molecule has 8 N–H and O–H groups in total. The van der Waals surface area contributed by atoms with E-state index in [0.717, 1.165) is 5.56 Å². The summed E-state index contributed by atoms with van der Waals surface area (Å²) in [7, 11) is -2.81. The number of benzene rings is 2. The van der Waals surface area contributed by atoms with Crippen molar-refractivity contribution in [2.45, 2.75) is 6.54 Å². The van der Waals surface area contributed by atoms with Gasteiger partial charge < -0.3 is 16.2 Å². The lowest BCUT2D eigenvalue weighted by Gasteiger charge is -2.21. The highest BCUT2D eigenvalue weighted by Gasteiger charge is 2.19. The predicted molar refractivity (Wildman–Crippen MR) is 115 cm³/mol. The number of anilines is 4. The first-order valence-electron chi connectivity index (χ1n) is 8.60. The smallest absolute Gasteiger partial charge is 0.357 e. The van der Waals surface area contributed by atoms with E-state index in [-0.39, 0.29) is 29.7 Å². The Labute approximate surface area is 173 Å². The number of hydrogen-bond donors (Lipinski definition) is 5. The van der Waals surface area contributed by atoms with Crippen molar-refractivity contribution in [1.29, 1.82) is 0 Å². The minimum absolute atomic E-state index is 0.0109. The molecule has 0 saturated carbocycles. The number of rotatable bonds is 7. The Hall–Kier alpha value is -3.61. The van der Waals surface area contributed by atoms with E-state index in [9.17, 15) is 8.42 Å². The molecular formula is C18H21N7O4S. The van der Waals surface area contributed by atoms with Crippen molar-refractivity contribution in [3.05, 3.63) is 54.1 Å². The maximum atomic E-state index is 10.9. The number of methoxy groups -OCH3 is 1. The summed E-state index contributed by atoms with van der Waals surface area (Å²) in [5, 5.41) is 1.30. The van der Waals surface area contributed by atoms with Crippen molar-refractivity contribution in [3.63, 3.8) is 0 Å². The fraction of sp³-hybridized carbons (Fsp3) is 0.111. The summed E-state index contributed by atoms with van der Waals surface area (Å²) in [5.41, 5.74) is 14.4. The summed E-state index contributed by atoms with van der Waals surface area (Å²) in [6.45, 7) is 0.193. The number of nitrogens with zero attached hydrogens (tertiary/aromatic N) is 3. The molecule has 0 bridgehead atoms. The molecule has 0 spiro atoms. The zero-order valence-electron chi connectivity index (χ0n) is 16.0. The van der Waals surface area contributed by atoms with Gasteiger partial charge in [0.1, 0.15) is 17.1 Å². The maximum absolute atomic E-state index is 10.9. The van der Waals surface area contributed by atoms with Gasteiger partial charge in [-0.25, -0.2) is 10.8 Å². The molecule has 3 aromatic rings. The molecule has 0 radical (unpaired) electrons. The number of ether oxygens (including phenoxy) is 1. The first kappa shape index (κ1) is 21.1. The average molecular weight is 431 g/mol. The predicted octanol–water partition coefficient (Wildman–Crippen LogP) is 1.41. The van der Waals surface area contributed by atoms with Crippen molar-refractivity contribution in [3.8, 4) is 17.0 Å². The molecule has 0 fully saturated rings. The lowest BCUT2D eigenvalue weighted by atomic mass is 10.1. The topological polar surface area (TPSA) is 183 Å². The molecule has 0 amide bonds. The van der Waals surface area contributed by atoms with Crippen LogP contribution in [0.2, 0.25) is 0 Å². The lowest BCUT2D eigenvalue weighted by molar-refractivity contribution is 0.416. The van der Waals surface area contributed by atoms with E-state index in [1.165, 1.54) is 24.3 Å². The van der Waals surface area contributed by atoms with E-state index >= 15 is 0 Å². The van der Waals surface area contributed by atoms with Crippen LogP contribution >= 0.6 is 0 Å². The van der Waals surface area contributed by atoms with Gasteiger partial charge in [-0.2, -0.15) is 13.4 Å². The van der Waals surface area contributed by atoms with Crippen LogP contribution < -0.4 is 31.8 Å². The second-order valence-corrected chi connectivity index (χ2v) is 7.42. The molecule has 0 aliphatic rings. The molecule has 1 heterocycles. The molecule has 0 aliphatic carbocycles. The van der Waals surface area contributed by atoms with E-state index < -0.39 is 10.3 Å². The highest BCUT2D eigenvalue weighted by Crippen LogP contribution is 2.36. The summed E-state index contributed by atoms with van der Waals surface area (Å²) >= 11 is 0. The molecule has 30 heavy (non-hydrogen) atoms. The van der Waals surface area contributed by atoms with Crippen LogP contribution in [0, 0.1) is 0 Å². The van der Waals surface area contributed by atoms with Crippen molar-refractivity contribution < 1.29 is 17.7 Å². The molecule has 158 valence electrons. The van der Waals surface area contributed by atoms with Crippen molar-refractivity contribution in [2.24, 2.45) is 5.84 Å². The molecule has 2 aromatic carbocycles. The fourth-order valence-corrected chi connectivity index (χ4v) is 3.27. The Kier molecular flexibility index (Phi) is 5.91. The van der Waals surface area contributed by atoms with E-state index in [1.807, 2.05) is 16.9 Å². The molecule has 1 aromatic heterocycles. The largest absolute Gasteiger partial charge is 0.496 e. The number of nitrogen functional groups attached to an aromatic ring is 2. The average Bonchev–Trinajstić information content (AvgIpc) is 2.69. The highest BCUT2D eigenvalue weighted by molar-refractivity contribution is 7.87. The number of hydrogen-bond acceptors (Lipinski definition) is 9. The van der Waals surface area contributed by atoms with Gasteiger partial charge in [0.2, 0.25) is 5.95 Å². The number of hydrazine groups is 1. The van der Waals surface area contributed by atoms with Crippen LogP contribution in [-0.2, 0) is 16.8 Å². The molecule has 0 saturated heterocycles. The second kappa shape index (κ2) is 8.41. The second-order valence-electron chi connectivity index (χ2n) is 6.27. The molecule has 3 rings (SSSR count). The van der Waals surface area contributed by atoms with E-state index in [2.05, 4.69) is 9.97 Å².